The zero-order chi connectivity index (χ0) is 28.3. The van der Waals surface area contributed by atoms with Crippen LogP contribution in [0.4, 0.5) is 0 Å². The summed E-state index contributed by atoms with van der Waals surface area (Å²) in [6, 6.07) is 1.94. The van der Waals surface area contributed by atoms with E-state index in [0.717, 1.165) is 12.1 Å². The number of hydrogen-bond donors (Lipinski definition) is 1. The predicted molar refractivity (Wildman–Crippen MR) is 153 cm³/mol. The van der Waals surface area contributed by atoms with Gasteiger partial charge in [-0.1, -0.05) is 26.3 Å². The largest absolute Gasteiger partial charge is 0.472 e. The Morgan fingerprint density at radius 1 is 0.889 bits per heavy atom. The Bertz CT molecular complexity index is 747. The van der Waals surface area contributed by atoms with Crippen LogP contribution in [0.5, 0.6) is 0 Å². The van der Waals surface area contributed by atoms with Crippen LogP contribution < -0.4 is 0 Å². The number of ether oxygens (including phenoxy) is 1. The number of quaternary nitrogens is 1. The highest BCUT2D eigenvalue weighted by atomic mass is 31.2. The highest BCUT2D eigenvalue weighted by molar-refractivity contribution is 7.47. The van der Waals surface area contributed by atoms with Crippen molar-refractivity contribution < 1.29 is 40.8 Å². The van der Waals surface area contributed by atoms with Gasteiger partial charge in [0.05, 0.1) is 20.7 Å². The maximum absolute atomic E-state index is 12.3. The molecule has 0 amide bonds. The van der Waals surface area contributed by atoms with Crippen LogP contribution >= 0.6 is 7.82 Å². The molecule has 1 unspecified atom stereocenters. The molecule has 9 nitrogen and oxygen atoms in total. The van der Waals surface area contributed by atoms with E-state index in [0.29, 0.717) is 29.6 Å². The number of likely N-dealkylation sites (N-methyl/N-ethyl adjacent to an activating group) is 1. The van der Waals surface area contributed by atoms with Crippen molar-refractivity contribution in [3.63, 3.8) is 0 Å². The second kappa shape index (κ2) is 15.4. The summed E-state index contributed by atoms with van der Waals surface area (Å²) < 4.78 is 41.3. The van der Waals surface area contributed by atoms with Gasteiger partial charge in [0, 0.05) is 5.57 Å². The summed E-state index contributed by atoms with van der Waals surface area (Å²) in [5.41, 5.74) is 0.353. The number of rotatable bonds is 20. The Balaban J connectivity index is 4.40. The first-order valence-corrected chi connectivity index (χ1v) is 23.4. The first-order chi connectivity index (χ1) is 16.2. The zero-order valence-corrected chi connectivity index (χ0v) is 28.4. The van der Waals surface area contributed by atoms with E-state index in [-0.39, 0.29) is 19.8 Å². The molecular formula is C23H53NO8PSi3+. The van der Waals surface area contributed by atoms with Gasteiger partial charge < -0.3 is 22.3 Å². The first-order valence-electron chi connectivity index (χ1n) is 12.9. The van der Waals surface area contributed by atoms with E-state index in [9.17, 15) is 14.3 Å². The fourth-order valence-electron chi connectivity index (χ4n) is 3.80. The van der Waals surface area contributed by atoms with Gasteiger partial charge in [-0.05, 0) is 64.7 Å². The third-order valence-corrected chi connectivity index (χ3v) is 18.1. The molecule has 13 heteroatoms. The van der Waals surface area contributed by atoms with Crippen molar-refractivity contribution in [2.45, 2.75) is 84.5 Å². The van der Waals surface area contributed by atoms with Crippen molar-refractivity contribution in [1.82, 2.24) is 0 Å². The van der Waals surface area contributed by atoms with E-state index < -0.39 is 39.0 Å². The molecule has 1 atom stereocenters. The third kappa shape index (κ3) is 18.2. The van der Waals surface area contributed by atoms with Crippen molar-refractivity contribution in [3.8, 4) is 0 Å². The van der Waals surface area contributed by atoms with E-state index in [1.54, 1.807) is 6.92 Å². The first kappa shape index (κ1) is 35.9. The van der Waals surface area contributed by atoms with E-state index in [1.165, 1.54) is 12.8 Å². The van der Waals surface area contributed by atoms with Crippen LogP contribution in [0.2, 0.25) is 51.4 Å². The van der Waals surface area contributed by atoms with Crippen molar-refractivity contribution in [2.75, 3.05) is 47.0 Å². The molecule has 0 saturated carbocycles. The lowest BCUT2D eigenvalue weighted by Gasteiger charge is -2.38. The van der Waals surface area contributed by atoms with E-state index in [2.05, 4.69) is 52.8 Å². The molecule has 0 aromatic heterocycles. The van der Waals surface area contributed by atoms with Gasteiger partial charge >= 0.3 is 22.4 Å². The van der Waals surface area contributed by atoms with Crippen LogP contribution in [-0.2, 0) is 31.4 Å². The SMILES string of the molecule is C=C(C)C(=O)OCC[N+](C)(C)CCOP(=O)(O)OCCC[Si](C)(C)O[Si](C)(C)O[Si](C)(C)CCCC. The van der Waals surface area contributed by atoms with Gasteiger partial charge in [0.15, 0.2) is 16.6 Å². The molecular weight excluding hydrogens is 533 g/mol. The molecule has 0 bridgehead atoms. The molecule has 1 N–H and O–H groups in total. The second-order valence-corrected chi connectivity index (χ2v) is 25.7. The fraction of sp³-hybridized carbons (Fsp3) is 0.870. The van der Waals surface area contributed by atoms with E-state index in [1.807, 2.05) is 14.1 Å². The van der Waals surface area contributed by atoms with Crippen LogP contribution in [0.15, 0.2) is 12.2 Å². The average molecular weight is 587 g/mol. The Labute approximate surface area is 223 Å². The molecule has 0 rings (SSSR count). The van der Waals surface area contributed by atoms with Gasteiger partial charge in [-0.25, -0.2) is 9.36 Å². The number of unbranched alkanes of at least 4 members (excludes halogenated alkanes) is 1. The summed E-state index contributed by atoms with van der Waals surface area (Å²) in [5.74, 6) is -0.424. The molecule has 0 heterocycles. The number of carbonyl (C=O) groups is 1. The summed E-state index contributed by atoms with van der Waals surface area (Å²) >= 11 is 0. The lowest BCUT2D eigenvalue weighted by Crippen LogP contribution is -2.52. The van der Waals surface area contributed by atoms with Crippen LogP contribution in [0.25, 0.3) is 0 Å². The molecule has 36 heavy (non-hydrogen) atoms. The number of esters is 1. The fourth-order valence-corrected chi connectivity index (χ4v) is 18.7. The normalized spacial score (nSPS) is 15.0. The maximum atomic E-state index is 12.3. The standard InChI is InChI=1S/C23H52NO8PSi3/c1-12-13-20-34(6,7)31-36(10,11)32-35(8,9)21-14-17-29-33(26,27)30-19-16-24(4,5)15-18-28-23(25)22(2)3/h2,12-21H2,1,3-11H3/p+1. The lowest BCUT2D eigenvalue weighted by atomic mass is 10.4. The number of nitrogens with zero attached hydrogens (tertiary/aromatic N) is 1. The summed E-state index contributed by atoms with van der Waals surface area (Å²) in [7, 11) is -6.31. The Hall–Kier alpha value is -0.149. The third-order valence-electron chi connectivity index (χ3n) is 5.58. The summed E-state index contributed by atoms with van der Waals surface area (Å²) in [5, 5.41) is 0. The molecule has 0 fully saturated rings. The highest BCUT2D eigenvalue weighted by Crippen LogP contribution is 2.43. The topological polar surface area (TPSA) is 101 Å². The maximum Gasteiger partial charge on any atom is 0.472 e. The van der Waals surface area contributed by atoms with Crippen molar-refractivity contribution in [3.05, 3.63) is 12.2 Å². The molecule has 0 aliphatic carbocycles. The van der Waals surface area contributed by atoms with Crippen molar-refractivity contribution in [2.24, 2.45) is 0 Å². The molecule has 0 aliphatic heterocycles. The monoisotopic (exact) mass is 586 g/mol. The number of carbonyl (C=O) groups excluding carboxylic acids is 1. The van der Waals surface area contributed by atoms with Crippen LogP contribution in [-0.4, -0.2) is 87.5 Å². The molecule has 0 spiro atoms. The van der Waals surface area contributed by atoms with Gasteiger partial charge in [-0.3, -0.25) is 9.05 Å². The van der Waals surface area contributed by atoms with Gasteiger partial charge in [0.1, 0.15) is 26.3 Å². The Morgan fingerprint density at radius 3 is 1.86 bits per heavy atom. The minimum atomic E-state index is -4.14. The zero-order valence-electron chi connectivity index (χ0n) is 24.5. The van der Waals surface area contributed by atoms with Crippen molar-refractivity contribution in [1.29, 1.82) is 0 Å². The summed E-state index contributed by atoms with van der Waals surface area (Å²) in [4.78, 5) is 21.5. The van der Waals surface area contributed by atoms with Crippen LogP contribution in [0, 0.1) is 0 Å². The number of phosphoric acid groups is 1. The van der Waals surface area contributed by atoms with Gasteiger partial charge in [-0.2, -0.15) is 0 Å². The van der Waals surface area contributed by atoms with Gasteiger partial charge in [0.2, 0.25) is 0 Å². The van der Waals surface area contributed by atoms with Gasteiger partial charge in [-0.15, -0.1) is 0 Å². The smallest absolute Gasteiger partial charge is 0.456 e. The molecule has 0 aromatic carbocycles. The molecule has 214 valence electrons. The van der Waals surface area contributed by atoms with E-state index in [4.69, 9.17) is 22.0 Å². The Kier molecular flexibility index (Phi) is 15.4. The average Bonchev–Trinajstić information content (AvgIpc) is 2.67. The predicted octanol–water partition coefficient (Wildman–Crippen LogP) is 5.65. The molecule has 0 radical (unpaired) electrons. The van der Waals surface area contributed by atoms with Gasteiger partial charge in [0.25, 0.3) is 0 Å². The minimum Gasteiger partial charge on any atom is -0.456 e. The Morgan fingerprint density at radius 2 is 1.36 bits per heavy atom. The minimum absolute atomic E-state index is 0.0490. The molecule has 0 aromatic rings. The van der Waals surface area contributed by atoms with E-state index >= 15 is 0 Å². The lowest BCUT2D eigenvalue weighted by molar-refractivity contribution is -0.890. The van der Waals surface area contributed by atoms with Crippen molar-refractivity contribution >= 4 is 39.0 Å². The van der Waals surface area contributed by atoms with Crippen LogP contribution in [0.1, 0.15) is 33.1 Å². The number of hydrogen-bond acceptors (Lipinski definition) is 7. The quantitative estimate of drug-likeness (QED) is 0.0488. The summed E-state index contributed by atoms with van der Waals surface area (Å²) in [6.07, 6.45) is 2.97. The number of phosphoric ester groups is 1. The molecule has 0 aliphatic rings. The van der Waals surface area contributed by atoms with Crippen LogP contribution in [0.3, 0.4) is 0 Å². The molecule has 0 saturated heterocycles. The second-order valence-electron chi connectivity index (χ2n) is 11.8. The highest BCUT2D eigenvalue weighted by Gasteiger charge is 2.39. The summed E-state index contributed by atoms with van der Waals surface area (Å²) in [6.45, 7) is 21.9.